The van der Waals surface area contributed by atoms with Gasteiger partial charge in [-0.05, 0) is 91.3 Å². The smallest absolute Gasteiger partial charge is 0.407 e. The maximum atomic E-state index is 12.4. The number of allylic oxidation sites excluding steroid dienone is 1. The van der Waals surface area contributed by atoms with Gasteiger partial charge in [0.25, 0.3) is 0 Å². The fourth-order valence-corrected chi connectivity index (χ4v) is 9.56. The monoisotopic (exact) mass is 524 g/mol. The first-order valence-corrected chi connectivity index (χ1v) is 15.7. The molecule has 8 atom stereocenters. The lowest BCUT2D eigenvalue weighted by molar-refractivity contribution is -0.0581. The number of hydrogen-bond donors (Lipinski definition) is 1. The molecule has 1 aromatic heterocycles. The van der Waals surface area contributed by atoms with E-state index in [0.29, 0.717) is 18.5 Å². The van der Waals surface area contributed by atoms with Crippen molar-refractivity contribution in [2.45, 2.75) is 118 Å². The molecule has 3 fully saturated rings. The van der Waals surface area contributed by atoms with Crippen molar-refractivity contribution in [3.05, 3.63) is 24.0 Å². The third-order valence-electron chi connectivity index (χ3n) is 11.6. The van der Waals surface area contributed by atoms with Crippen LogP contribution in [-0.2, 0) is 11.3 Å². The first-order valence-electron chi connectivity index (χ1n) is 15.7. The van der Waals surface area contributed by atoms with Crippen LogP contribution in [0.3, 0.4) is 0 Å². The van der Waals surface area contributed by atoms with Gasteiger partial charge in [0.2, 0.25) is 0 Å². The molecule has 1 N–H and O–H groups in total. The van der Waals surface area contributed by atoms with E-state index in [2.05, 4.69) is 56.2 Å². The lowest BCUT2D eigenvalue weighted by Crippen LogP contribution is -2.51. The van der Waals surface area contributed by atoms with Crippen LogP contribution in [-0.4, -0.2) is 33.7 Å². The second-order valence-corrected chi connectivity index (χ2v) is 14.1. The van der Waals surface area contributed by atoms with Gasteiger partial charge < -0.3 is 10.1 Å². The fourth-order valence-electron chi connectivity index (χ4n) is 9.56. The van der Waals surface area contributed by atoms with E-state index in [9.17, 15) is 4.79 Å². The summed E-state index contributed by atoms with van der Waals surface area (Å²) >= 11 is 0. The minimum atomic E-state index is -0.312. The van der Waals surface area contributed by atoms with E-state index in [0.717, 1.165) is 54.8 Å². The van der Waals surface area contributed by atoms with Crippen molar-refractivity contribution in [3.8, 4) is 0 Å². The van der Waals surface area contributed by atoms with Crippen molar-refractivity contribution >= 4 is 6.09 Å². The third kappa shape index (κ3) is 5.43. The summed E-state index contributed by atoms with van der Waals surface area (Å²) in [5.74, 6) is 5.12. The number of nitrogens with one attached hydrogen (secondary N) is 1. The number of ether oxygens (including phenoxy) is 1. The molecule has 0 radical (unpaired) electrons. The lowest BCUT2D eigenvalue weighted by atomic mass is 9.47. The average Bonchev–Trinajstić information content (AvgIpc) is 3.51. The Morgan fingerprint density at radius 2 is 1.87 bits per heavy atom. The van der Waals surface area contributed by atoms with Gasteiger partial charge in [-0.3, -0.25) is 0 Å². The average molecular weight is 525 g/mol. The molecule has 1 amide bonds. The quantitative estimate of drug-likeness (QED) is 0.341. The van der Waals surface area contributed by atoms with E-state index in [1.54, 1.807) is 22.8 Å². The highest BCUT2D eigenvalue weighted by Crippen LogP contribution is 2.67. The number of alkyl carbamates (subject to hydrolysis) is 1. The van der Waals surface area contributed by atoms with Crippen molar-refractivity contribution in [3.63, 3.8) is 0 Å². The zero-order valence-electron chi connectivity index (χ0n) is 24.6. The Balaban J connectivity index is 1.17. The summed E-state index contributed by atoms with van der Waals surface area (Å²) in [6, 6.07) is 0. The fraction of sp³-hybridized carbons (Fsp3) is 0.844. The Morgan fingerprint density at radius 1 is 1.08 bits per heavy atom. The van der Waals surface area contributed by atoms with Crippen LogP contribution in [0.15, 0.2) is 24.0 Å². The minimum Gasteiger partial charge on any atom is -0.446 e. The molecule has 1 heterocycles. The number of rotatable bonds is 9. The largest absolute Gasteiger partial charge is 0.446 e. The number of carbonyl (C=O) groups excluding carboxylic acids is 1. The Labute approximate surface area is 230 Å². The summed E-state index contributed by atoms with van der Waals surface area (Å²) < 4.78 is 5.87. The van der Waals surface area contributed by atoms with Gasteiger partial charge in [-0.1, -0.05) is 65.5 Å². The van der Waals surface area contributed by atoms with Crippen molar-refractivity contribution < 1.29 is 9.53 Å². The van der Waals surface area contributed by atoms with Crippen LogP contribution in [0.5, 0.6) is 0 Å². The molecule has 1 aromatic rings. The number of aromatic nitrogens is 3. The van der Waals surface area contributed by atoms with Gasteiger partial charge in [0.05, 0.1) is 18.9 Å². The molecule has 0 aromatic carbocycles. The Hall–Kier alpha value is -1.85. The molecule has 6 heteroatoms. The molecule has 0 saturated heterocycles. The summed E-state index contributed by atoms with van der Waals surface area (Å²) in [6.45, 7) is 13.5. The van der Waals surface area contributed by atoms with Crippen LogP contribution in [0.25, 0.3) is 0 Å². The van der Waals surface area contributed by atoms with Gasteiger partial charge in [-0.2, -0.15) is 15.0 Å². The molecule has 0 bridgehead atoms. The standard InChI is InChI=1S/C32H52N4O2/c1-22(2)7-6-8-23(3)27-11-12-28-26-10-9-24-21-25(38-30(37)33-19-20-36-34-17-18-35-36)13-15-31(24,4)29(26)14-16-32(27,28)5/h9,17-18,22-23,25-29H,6-8,10-16,19-21H2,1-5H3,(H,33,37)/t23-,25+,26+,27-,28+,29+,31+,32-/m1/s1. The van der Waals surface area contributed by atoms with Crippen molar-refractivity contribution in [2.24, 2.45) is 46.3 Å². The molecule has 212 valence electrons. The number of nitrogens with zero attached hydrogens (tertiary/aromatic N) is 3. The van der Waals surface area contributed by atoms with Crippen LogP contribution in [0, 0.1) is 46.3 Å². The molecule has 0 spiro atoms. The number of fused-ring (bicyclic) bond motifs is 5. The Morgan fingerprint density at radius 3 is 2.63 bits per heavy atom. The van der Waals surface area contributed by atoms with Crippen LogP contribution >= 0.6 is 0 Å². The molecule has 38 heavy (non-hydrogen) atoms. The molecule has 4 aliphatic rings. The number of hydrogen-bond acceptors (Lipinski definition) is 4. The van der Waals surface area contributed by atoms with Gasteiger partial charge in [-0.15, -0.1) is 0 Å². The summed E-state index contributed by atoms with van der Waals surface area (Å²) in [5.41, 5.74) is 2.39. The minimum absolute atomic E-state index is 0.00916. The maximum absolute atomic E-state index is 12.4. The van der Waals surface area contributed by atoms with E-state index >= 15 is 0 Å². The molecule has 3 saturated carbocycles. The van der Waals surface area contributed by atoms with Crippen LogP contribution < -0.4 is 5.32 Å². The Kier molecular flexibility index (Phi) is 8.26. The van der Waals surface area contributed by atoms with Gasteiger partial charge in [0.15, 0.2) is 0 Å². The van der Waals surface area contributed by atoms with Gasteiger partial charge in [0.1, 0.15) is 6.10 Å². The first kappa shape index (κ1) is 27.7. The summed E-state index contributed by atoms with van der Waals surface area (Å²) in [4.78, 5) is 14.0. The summed E-state index contributed by atoms with van der Waals surface area (Å²) in [7, 11) is 0. The van der Waals surface area contributed by atoms with Crippen LogP contribution in [0.1, 0.15) is 105 Å². The lowest BCUT2D eigenvalue weighted by Gasteiger charge is -2.58. The van der Waals surface area contributed by atoms with Crippen molar-refractivity contribution in [1.29, 1.82) is 0 Å². The van der Waals surface area contributed by atoms with Crippen LogP contribution in [0.4, 0.5) is 4.79 Å². The third-order valence-corrected chi connectivity index (χ3v) is 11.6. The molecule has 6 nitrogen and oxygen atoms in total. The Bertz CT molecular complexity index is 974. The van der Waals surface area contributed by atoms with E-state index in [1.807, 2.05) is 0 Å². The van der Waals surface area contributed by atoms with Crippen molar-refractivity contribution in [1.82, 2.24) is 20.3 Å². The van der Waals surface area contributed by atoms with Gasteiger partial charge in [0, 0.05) is 13.0 Å². The summed E-state index contributed by atoms with van der Waals surface area (Å²) in [5, 5.41) is 11.0. The molecule has 5 rings (SSSR count). The molecule has 0 aliphatic heterocycles. The normalized spacial score (nSPS) is 37.1. The maximum Gasteiger partial charge on any atom is 0.407 e. The molecular weight excluding hydrogens is 472 g/mol. The van der Waals surface area contributed by atoms with E-state index in [4.69, 9.17) is 4.74 Å². The number of amides is 1. The van der Waals surface area contributed by atoms with Gasteiger partial charge >= 0.3 is 6.09 Å². The number of carbonyl (C=O) groups is 1. The second-order valence-electron chi connectivity index (χ2n) is 14.1. The van der Waals surface area contributed by atoms with E-state index < -0.39 is 0 Å². The highest BCUT2D eigenvalue weighted by molar-refractivity contribution is 5.67. The summed E-state index contributed by atoms with van der Waals surface area (Å²) in [6.07, 6.45) is 19.7. The SMILES string of the molecule is CC(C)CCC[C@@H](C)[C@H]1CC[C@H]2[C@@H]3CC=C4C[C@@H](OC(=O)NCCn5nccn5)CC[C@]4(C)[C@H]3CC[C@]12C. The highest BCUT2D eigenvalue weighted by atomic mass is 16.6. The van der Waals surface area contributed by atoms with E-state index in [-0.39, 0.29) is 17.6 Å². The molecule has 4 aliphatic carbocycles. The van der Waals surface area contributed by atoms with E-state index in [1.165, 1.54) is 51.4 Å². The zero-order valence-corrected chi connectivity index (χ0v) is 24.6. The van der Waals surface area contributed by atoms with Crippen molar-refractivity contribution in [2.75, 3.05) is 6.54 Å². The predicted molar refractivity (Wildman–Crippen MR) is 151 cm³/mol. The van der Waals surface area contributed by atoms with Crippen LogP contribution in [0.2, 0.25) is 0 Å². The molecular formula is C32H52N4O2. The topological polar surface area (TPSA) is 69.0 Å². The second kappa shape index (κ2) is 11.3. The highest BCUT2D eigenvalue weighted by Gasteiger charge is 2.59. The van der Waals surface area contributed by atoms with Gasteiger partial charge in [-0.25, -0.2) is 4.79 Å². The zero-order chi connectivity index (χ0) is 26.9. The first-order chi connectivity index (χ1) is 18.2. The predicted octanol–water partition coefficient (Wildman–Crippen LogP) is 7.41. The molecule has 0 unspecified atom stereocenters.